The van der Waals surface area contributed by atoms with Gasteiger partial charge in [0.2, 0.25) is 23.1 Å². The number of hydrogen-bond acceptors (Lipinski definition) is 9. The quantitative estimate of drug-likeness (QED) is 0.570. The van der Waals surface area contributed by atoms with Crippen molar-refractivity contribution in [1.29, 1.82) is 0 Å². The van der Waals surface area contributed by atoms with Crippen LogP contribution in [0.3, 0.4) is 0 Å². The van der Waals surface area contributed by atoms with Gasteiger partial charge in [-0.15, -0.1) is 0 Å². The van der Waals surface area contributed by atoms with E-state index in [0.717, 1.165) is 27.9 Å². The Morgan fingerprint density at radius 1 is 0.778 bits per heavy atom. The van der Waals surface area contributed by atoms with E-state index in [1.165, 1.54) is 13.0 Å². The molecule has 142 valence electrons. The molecule has 0 aromatic heterocycles. The number of benzene rings is 1. The molecule has 0 aliphatic heterocycles. The van der Waals surface area contributed by atoms with Crippen LogP contribution >= 0.6 is 0 Å². The normalized spacial score (nSPS) is 13.1. The molecular formula is C18H16O9. The zero-order valence-electron chi connectivity index (χ0n) is 15.3. The van der Waals surface area contributed by atoms with Crippen molar-refractivity contribution in [3.05, 3.63) is 34.3 Å². The molecular weight excluding hydrogens is 360 g/mol. The summed E-state index contributed by atoms with van der Waals surface area (Å²) in [5, 5.41) is 0. The van der Waals surface area contributed by atoms with Crippen molar-refractivity contribution in [2.75, 3.05) is 7.11 Å². The second-order valence-electron chi connectivity index (χ2n) is 5.57. The fraction of sp³-hybridized carbons (Fsp3) is 0.278. The van der Waals surface area contributed by atoms with E-state index in [1.54, 1.807) is 0 Å². The molecule has 0 spiro atoms. The van der Waals surface area contributed by atoms with Crippen LogP contribution in [0.15, 0.2) is 17.6 Å². The first kappa shape index (κ1) is 19.8. The highest BCUT2D eigenvalue weighted by Gasteiger charge is 2.41. The highest BCUT2D eigenvalue weighted by molar-refractivity contribution is 6.28. The van der Waals surface area contributed by atoms with E-state index < -0.39 is 41.0 Å². The number of Topliss-reactive ketones (excluding diaryl/α,β-unsaturated/α-hetero) is 2. The Bertz CT molecular complexity index is 921. The van der Waals surface area contributed by atoms with E-state index in [1.807, 2.05) is 0 Å². The van der Waals surface area contributed by atoms with Gasteiger partial charge in [0.1, 0.15) is 11.5 Å². The van der Waals surface area contributed by atoms with Crippen LogP contribution in [-0.4, -0.2) is 36.6 Å². The van der Waals surface area contributed by atoms with Gasteiger partial charge >= 0.3 is 17.9 Å². The van der Waals surface area contributed by atoms with Gasteiger partial charge in [-0.2, -0.15) is 0 Å². The van der Waals surface area contributed by atoms with E-state index >= 15 is 0 Å². The maximum absolute atomic E-state index is 12.9. The average Bonchev–Trinajstić information content (AvgIpc) is 2.53. The summed E-state index contributed by atoms with van der Waals surface area (Å²) in [6, 6.07) is 1.27. The maximum atomic E-state index is 12.9. The SMILES string of the molecule is COC1=C(OC(C)=O)C(=O)c2c(OC(C)=O)cc(C)c(OC(C)=O)c2C1=O. The smallest absolute Gasteiger partial charge is 0.308 e. The van der Waals surface area contributed by atoms with Crippen molar-refractivity contribution in [2.45, 2.75) is 27.7 Å². The Labute approximate surface area is 153 Å². The lowest BCUT2D eigenvalue weighted by atomic mass is 9.88. The summed E-state index contributed by atoms with van der Waals surface area (Å²) in [5.41, 5.74) is -0.416. The molecule has 9 heteroatoms. The second-order valence-corrected chi connectivity index (χ2v) is 5.57. The van der Waals surface area contributed by atoms with Gasteiger partial charge in [-0.3, -0.25) is 24.0 Å². The van der Waals surface area contributed by atoms with Crippen molar-refractivity contribution < 1.29 is 42.9 Å². The van der Waals surface area contributed by atoms with Crippen molar-refractivity contribution in [3.8, 4) is 11.5 Å². The summed E-state index contributed by atoms with van der Waals surface area (Å²) < 4.78 is 19.9. The minimum atomic E-state index is -0.929. The van der Waals surface area contributed by atoms with Gasteiger partial charge in [0.25, 0.3) is 0 Å². The predicted molar refractivity (Wildman–Crippen MR) is 88.3 cm³/mol. The molecule has 2 rings (SSSR count). The number of ether oxygens (including phenoxy) is 4. The molecule has 1 aromatic rings. The second kappa shape index (κ2) is 7.40. The molecule has 1 aromatic carbocycles. The number of rotatable bonds is 4. The Hall–Kier alpha value is -3.49. The number of allylic oxidation sites excluding steroid dienone is 2. The first-order valence-electron chi connectivity index (χ1n) is 7.69. The number of esters is 3. The van der Waals surface area contributed by atoms with Crippen LogP contribution in [0, 0.1) is 6.92 Å². The molecule has 1 aliphatic rings. The summed E-state index contributed by atoms with van der Waals surface area (Å²) in [6.45, 7) is 4.78. The van der Waals surface area contributed by atoms with Crippen molar-refractivity contribution >= 4 is 29.5 Å². The third-order valence-corrected chi connectivity index (χ3v) is 3.45. The van der Waals surface area contributed by atoms with Crippen molar-refractivity contribution in [3.63, 3.8) is 0 Å². The number of methoxy groups -OCH3 is 1. The lowest BCUT2D eigenvalue weighted by Crippen LogP contribution is -2.28. The van der Waals surface area contributed by atoms with Crippen LogP contribution < -0.4 is 9.47 Å². The summed E-state index contributed by atoms with van der Waals surface area (Å²) in [7, 11) is 1.11. The Kier molecular flexibility index (Phi) is 5.44. The lowest BCUT2D eigenvalue weighted by molar-refractivity contribution is -0.137. The van der Waals surface area contributed by atoms with Crippen molar-refractivity contribution in [1.82, 2.24) is 0 Å². The van der Waals surface area contributed by atoms with Crippen LogP contribution in [0.1, 0.15) is 47.1 Å². The average molecular weight is 376 g/mol. The van der Waals surface area contributed by atoms with Gasteiger partial charge in [-0.25, -0.2) is 0 Å². The van der Waals surface area contributed by atoms with E-state index in [9.17, 15) is 24.0 Å². The summed E-state index contributed by atoms with van der Waals surface area (Å²) in [5.74, 6) is -5.71. The summed E-state index contributed by atoms with van der Waals surface area (Å²) in [6.07, 6.45) is 0. The highest BCUT2D eigenvalue weighted by Crippen LogP contribution is 2.41. The monoisotopic (exact) mass is 376 g/mol. The Morgan fingerprint density at radius 2 is 1.30 bits per heavy atom. The predicted octanol–water partition coefficient (Wildman–Crippen LogP) is 1.65. The van der Waals surface area contributed by atoms with Crippen molar-refractivity contribution in [2.24, 2.45) is 0 Å². The molecule has 0 N–H and O–H groups in total. The minimum absolute atomic E-state index is 0.178. The maximum Gasteiger partial charge on any atom is 0.308 e. The molecule has 0 atom stereocenters. The number of carbonyl (C=O) groups excluding carboxylic acids is 5. The largest absolute Gasteiger partial charge is 0.489 e. The Balaban J connectivity index is 2.87. The fourth-order valence-corrected chi connectivity index (χ4v) is 2.58. The molecule has 27 heavy (non-hydrogen) atoms. The van der Waals surface area contributed by atoms with Crippen LogP contribution in [0.4, 0.5) is 0 Å². The molecule has 0 fully saturated rings. The highest BCUT2D eigenvalue weighted by atomic mass is 16.6. The van der Waals surface area contributed by atoms with Gasteiger partial charge in [-0.05, 0) is 18.6 Å². The van der Waals surface area contributed by atoms with Gasteiger partial charge in [0.15, 0.2) is 0 Å². The number of fused-ring (bicyclic) bond motifs is 1. The molecule has 0 heterocycles. The standard InChI is InChI=1S/C18H16O9/c1-7-6-11(25-8(2)19)12-13(16(7)26-9(3)20)15(23)17(24-5)18(14(12)22)27-10(4)21/h6H,1-5H3. The molecule has 0 amide bonds. The number of hydrogen-bond donors (Lipinski definition) is 0. The number of aryl methyl sites for hydroxylation is 1. The molecule has 0 unspecified atom stereocenters. The number of carbonyl (C=O) groups is 5. The third-order valence-electron chi connectivity index (χ3n) is 3.45. The number of ketones is 2. The van der Waals surface area contributed by atoms with Crippen LogP contribution in [0.5, 0.6) is 11.5 Å². The van der Waals surface area contributed by atoms with Gasteiger partial charge in [0, 0.05) is 20.8 Å². The fourth-order valence-electron chi connectivity index (χ4n) is 2.58. The van der Waals surface area contributed by atoms with Crippen LogP contribution in [-0.2, 0) is 23.9 Å². The molecule has 0 bridgehead atoms. The molecule has 9 nitrogen and oxygen atoms in total. The summed E-state index contributed by atoms with van der Waals surface area (Å²) >= 11 is 0. The van der Waals surface area contributed by atoms with Gasteiger partial charge in [-0.1, -0.05) is 0 Å². The first-order valence-corrected chi connectivity index (χ1v) is 7.69. The lowest BCUT2D eigenvalue weighted by Gasteiger charge is -2.23. The van der Waals surface area contributed by atoms with Gasteiger partial charge < -0.3 is 18.9 Å². The third kappa shape index (κ3) is 3.71. The zero-order valence-corrected chi connectivity index (χ0v) is 15.3. The topological polar surface area (TPSA) is 122 Å². The zero-order chi connectivity index (χ0) is 20.5. The van der Waals surface area contributed by atoms with Crippen LogP contribution in [0.2, 0.25) is 0 Å². The first-order chi connectivity index (χ1) is 12.6. The summed E-state index contributed by atoms with van der Waals surface area (Å²) in [4.78, 5) is 60.0. The molecule has 1 aliphatic carbocycles. The Morgan fingerprint density at radius 3 is 1.78 bits per heavy atom. The van der Waals surface area contributed by atoms with Gasteiger partial charge in [0.05, 0.1) is 18.2 Å². The minimum Gasteiger partial charge on any atom is -0.489 e. The van der Waals surface area contributed by atoms with E-state index in [0.29, 0.717) is 0 Å². The molecule has 0 saturated carbocycles. The van der Waals surface area contributed by atoms with E-state index in [4.69, 9.17) is 18.9 Å². The molecule has 0 saturated heterocycles. The molecule has 0 radical (unpaired) electrons. The van der Waals surface area contributed by atoms with E-state index in [-0.39, 0.29) is 28.2 Å². The van der Waals surface area contributed by atoms with Crippen LogP contribution in [0.25, 0.3) is 0 Å². The van der Waals surface area contributed by atoms with E-state index in [2.05, 4.69) is 0 Å².